The molecule has 1 aromatic carbocycles. The number of carboxylic acids is 1. The van der Waals surface area contributed by atoms with E-state index in [9.17, 15) is 14.4 Å². The van der Waals surface area contributed by atoms with Crippen LogP contribution < -0.4 is 0 Å². The highest BCUT2D eigenvalue weighted by Crippen LogP contribution is 2.35. The van der Waals surface area contributed by atoms with Crippen molar-refractivity contribution in [2.24, 2.45) is 0 Å². The third-order valence-corrected chi connectivity index (χ3v) is 5.08. The van der Waals surface area contributed by atoms with Crippen molar-refractivity contribution < 1.29 is 19.5 Å². The van der Waals surface area contributed by atoms with Crippen molar-refractivity contribution in [3.63, 3.8) is 0 Å². The van der Waals surface area contributed by atoms with Crippen molar-refractivity contribution in [2.45, 2.75) is 18.7 Å². The fourth-order valence-corrected chi connectivity index (χ4v) is 3.83. The van der Waals surface area contributed by atoms with Crippen LogP contribution in [0.5, 0.6) is 0 Å². The maximum absolute atomic E-state index is 12.9. The molecule has 1 atom stereocenters. The molecule has 0 saturated carbocycles. The van der Waals surface area contributed by atoms with Gasteiger partial charge in [0.2, 0.25) is 0 Å². The summed E-state index contributed by atoms with van der Waals surface area (Å²) in [5.74, 6) is -1.78. The topological polar surface area (TPSA) is 74.7 Å². The van der Waals surface area contributed by atoms with E-state index in [1.165, 1.54) is 16.7 Å². The van der Waals surface area contributed by atoms with Gasteiger partial charge in [0.15, 0.2) is 5.78 Å². The number of carbonyl (C=O) groups is 3. The van der Waals surface area contributed by atoms with Gasteiger partial charge >= 0.3 is 5.97 Å². The number of hydrogen-bond acceptors (Lipinski definition) is 4. The second-order valence-electron chi connectivity index (χ2n) is 4.98. The number of Topliss-reactive ketones (excluding diaryl/α,β-unsaturated/α-hetero) is 1. The summed E-state index contributed by atoms with van der Waals surface area (Å²) in [7, 11) is 0. The average molecular weight is 398 g/mol. The number of thioether (sulfide) groups is 1. The highest BCUT2D eigenvalue weighted by atomic mass is 79.9. The van der Waals surface area contributed by atoms with Gasteiger partial charge in [0.1, 0.15) is 5.37 Å². The van der Waals surface area contributed by atoms with E-state index in [4.69, 9.17) is 5.11 Å². The van der Waals surface area contributed by atoms with Crippen LogP contribution in [0.1, 0.15) is 23.7 Å². The van der Waals surface area contributed by atoms with E-state index in [0.717, 1.165) is 4.47 Å². The molecule has 5 nitrogen and oxygen atoms in total. The van der Waals surface area contributed by atoms with Crippen molar-refractivity contribution in [3.8, 4) is 0 Å². The van der Waals surface area contributed by atoms with E-state index in [1.807, 2.05) is 6.92 Å². The molecule has 0 spiro atoms. The fraction of sp³-hybridized carbons (Fsp3) is 0.312. The Balaban J connectivity index is 2.52. The van der Waals surface area contributed by atoms with Crippen molar-refractivity contribution in [1.29, 1.82) is 0 Å². The summed E-state index contributed by atoms with van der Waals surface area (Å²) in [6, 6.07) is 6.81. The average Bonchev–Trinajstić information content (AvgIpc) is 2.78. The number of rotatable bonds is 6. The van der Waals surface area contributed by atoms with Crippen LogP contribution in [0.25, 0.3) is 0 Å². The van der Waals surface area contributed by atoms with Gasteiger partial charge in [-0.05, 0) is 37.4 Å². The zero-order valence-electron chi connectivity index (χ0n) is 12.7. The normalized spacial score (nSPS) is 17.8. The summed E-state index contributed by atoms with van der Waals surface area (Å²) in [5, 5.41) is 8.64. The molecule has 1 aliphatic heterocycles. The summed E-state index contributed by atoms with van der Waals surface area (Å²) >= 11 is 4.67. The van der Waals surface area contributed by atoms with E-state index >= 15 is 0 Å². The maximum atomic E-state index is 12.9. The van der Waals surface area contributed by atoms with E-state index in [0.29, 0.717) is 12.1 Å². The molecule has 23 heavy (non-hydrogen) atoms. The SMILES string of the molecule is CCN1C(=O)C(CC(=O)O)=C(C(=O)c2ccc(Br)cc2)[C@@H]1SC. The molecule has 1 aliphatic rings. The molecule has 122 valence electrons. The Bertz CT molecular complexity index is 684. The molecule has 0 saturated heterocycles. The molecule has 0 unspecified atom stereocenters. The molecule has 1 heterocycles. The number of benzene rings is 1. The van der Waals surface area contributed by atoms with Crippen LogP contribution >= 0.6 is 27.7 Å². The highest BCUT2D eigenvalue weighted by molar-refractivity contribution is 9.10. The van der Waals surface area contributed by atoms with Gasteiger partial charge in [-0.25, -0.2) is 0 Å². The summed E-state index contributed by atoms with van der Waals surface area (Å²) in [5.41, 5.74) is 0.816. The third-order valence-electron chi connectivity index (χ3n) is 3.62. The van der Waals surface area contributed by atoms with Gasteiger partial charge in [-0.2, -0.15) is 0 Å². The molecule has 0 bridgehead atoms. The second-order valence-corrected chi connectivity index (χ2v) is 6.81. The minimum absolute atomic E-state index is 0.0895. The van der Waals surface area contributed by atoms with Crippen LogP contribution in [0.15, 0.2) is 39.9 Å². The fourth-order valence-electron chi connectivity index (χ4n) is 2.58. The first-order chi connectivity index (χ1) is 10.9. The highest BCUT2D eigenvalue weighted by Gasteiger charge is 2.41. The summed E-state index contributed by atoms with van der Waals surface area (Å²) in [6.07, 6.45) is 1.36. The zero-order valence-corrected chi connectivity index (χ0v) is 15.1. The number of ketones is 1. The van der Waals surface area contributed by atoms with Crippen molar-refractivity contribution in [1.82, 2.24) is 4.90 Å². The number of carboxylic acid groups (broad SMARTS) is 1. The molecule has 0 aromatic heterocycles. The standard InChI is InChI=1S/C16H16BrNO4S/c1-3-18-15(22)11(8-12(19)20)13(16(18)23-2)14(21)9-4-6-10(17)7-5-9/h4-7,16H,3,8H2,1-2H3,(H,19,20)/t16-/m0/s1. The quantitative estimate of drug-likeness (QED) is 0.746. The largest absolute Gasteiger partial charge is 0.481 e. The number of carbonyl (C=O) groups excluding carboxylic acids is 2. The Kier molecular flexibility index (Phi) is 5.64. The number of halogens is 1. The lowest BCUT2D eigenvalue weighted by molar-refractivity contribution is -0.137. The first-order valence-corrected chi connectivity index (χ1v) is 9.07. The number of likely N-dealkylation sites (N-methyl/N-ethyl adjacent to an activating group) is 1. The van der Waals surface area contributed by atoms with Gasteiger partial charge in [-0.3, -0.25) is 14.4 Å². The number of amides is 1. The second kappa shape index (κ2) is 7.31. The molecule has 1 N–H and O–H groups in total. The minimum Gasteiger partial charge on any atom is -0.481 e. The van der Waals surface area contributed by atoms with Gasteiger partial charge in [0.25, 0.3) is 5.91 Å². The van der Waals surface area contributed by atoms with E-state index in [1.54, 1.807) is 30.5 Å². The molecule has 1 aromatic rings. The third kappa shape index (κ3) is 3.50. The van der Waals surface area contributed by atoms with Crippen LogP contribution in [0.3, 0.4) is 0 Å². The molecule has 0 radical (unpaired) electrons. The first-order valence-electron chi connectivity index (χ1n) is 6.99. The van der Waals surface area contributed by atoms with Crippen LogP contribution in [0.4, 0.5) is 0 Å². The molecule has 2 rings (SSSR count). The van der Waals surface area contributed by atoms with E-state index in [2.05, 4.69) is 15.9 Å². The van der Waals surface area contributed by atoms with Gasteiger partial charge < -0.3 is 10.0 Å². The Labute approximate surface area is 146 Å². The lowest BCUT2D eigenvalue weighted by Crippen LogP contribution is -2.34. The van der Waals surface area contributed by atoms with E-state index < -0.39 is 17.8 Å². The smallest absolute Gasteiger partial charge is 0.308 e. The monoisotopic (exact) mass is 397 g/mol. The van der Waals surface area contributed by atoms with E-state index in [-0.39, 0.29) is 22.8 Å². The Morgan fingerprint density at radius 3 is 2.39 bits per heavy atom. The number of nitrogens with zero attached hydrogens (tertiary/aromatic N) is 1. The molecular formula is C16H16BrNO4S. The van der Waals surface area contributed by atoms with Crippen LogP contribution in [0.2, 0.25) is 0 Å². The summed E-state index contributed by atoms with van der Waals surface area (Å²) < 4.78 is 0.841. The van der Waals surface area contributed by atoms with Crippen molar-refractivity contribution in [3.05, 3.63) is 45.4 Å². The summed E-state index contributed by atoms with van der Waals surface area (Å²) in [6.45, 7) is 2.23. The molecule has 1 amide bonds. The first kappa shape index (κ1) is 17.7. The minimum atomic E-state index is -1.12. The van der Waals surface area contributed by atoms with Crippen molar-refractivity contribution >= 4 is 45.4 Å². The van der Waals surface area contributed by atoms with Crippen LogP contribution in [-0.4, -0.2) is 45.8 Å². The van der Waals surface area contributed by atoms with Crippen LogP contribution in [-0.2, 0) is 9.59 Å². The predicted octanol–water partition coefficient (Wildman–Crippen LogP) is 2.95. The molecule has 7 heteroatoms. The summed E-state index contributed by atoms with van der Waals surface area (Å²) in [4.78, 5) is 38.0. The lowest BCUT2D eigenvalue weighted by Gasteiger charge is -2.23. The van der Waals surface area contributed by atoms with Gasteiger partial charge in [-0.15, -0.1) is 11.8 Å². The number of hydrogen-bond donors (Lipinski definition) is 1. The Morgan fingerprint density at radius 1 is 1.30 bits per heavy atom. The Morgan fingerprint density at radius 2 is 1.91 bits per heavy atom. The Hall–Kier alpha value is -1.60. The van der Waals surface area contributed by atoms with Gasteiger partial charge in [0, 0.05) is 27.7 Å². The predicted molar refractivity (Wildman–Crippen MR) is 92.4 cm³/mol. The zero-order chi connectivity index (χ0) is 17.1. The number of aliphatic carboxylic acids is 1. The lowest BCUT2D eigenvalue weighted by atomic mass is 9.98. The van der Waals surface area contributed by atoms with Crippen LogP contribution in [0, 0.1) is 0 Å². The molecular weight excluding hydrogens is 382 g/mol. The van der Waals surface area contributed by atoms with Crippen molar-refractivity contribution in [2.75, 3.05) is 12.8 Å². The molecule has 0 aliphatic carbocycles. The van der Waals surface area contributed by atoms with Gasteiger partial charge in [-0.1, -0.05) is 15.9 Å². The molecule has 0 fully saturated rings. The maximum Gasteiger partial charge on any atom is 0.308 e. The van der Waals surface area contributed by atoms with Gasteiger partial charge in [0.05, 0.1) is 6.42 Å².